The molecule has 0 saturated heterocycles. The number of nitriles is 1. The lowest BCUT2D eigenvalue weighted by Crippen LogP contribution is -2.21. The SMILES string of the molecule is CCNCCNc1cccc(Br)c1C#N. The van der Waals surface area contributed by atoms with E-state index in [2.05, 4.69) is 39.6 Å². The van der Waals surface area contributed by atoms with Gasteiger partial charge in [0.05, 0.1) is 11.3 Å². The molecule has 4 heteroatoms. The zero-order chi connectivity index (χ0) is 11.1. The minimum Gasteiger partial charge on any atom is -0.383 e. The Kier molecular flexibility index (Phi) is 5.16. The minimum atomic E-state index is 0.661. The monoisotopic (exact) mass is 267 g/mol. The molecule has 1 rings (SSSR count). The first-order valence-corrected chi connectivity index (χ1v) is 5.72. The van der Waals surface area contributed by atoms with Crippen molar-refractivity contribution >= 4 is 21.6 Å². The van der Waals surface area contributed by atoms with E-state index in [0.717, 1.165) is 29.8 Å². The average Bonchev–Trinajstić information content (AvgIpc) is 2.24. The maximum absolute atomic E-state index is 8.97. The van der Waals surface area contributed by atoms with Crippen molar-refractivity contribution in [3.05, 3.63) is 28.2 Å². The molecule has 0 atom stereocenters. The molecule has 0 aliphatic carbocycles. The highest BCUT2D eigenvalue weighted by molar-refractivity contribution is 9.10. The van der Waals surface area contributed by atoms with Crippen molar-refractivity contribution in [2.24, 2.45) is 0 Å². The first kappa shape index (κ1) is 12.0. The summed E-state index contributed by atoms with van der Waals surface area (Å²) in [5.41, 5.74) is 1.54. The Morgan fingerprint density at radius 1 is 1.40 bits per heavy atom. The van der Waals surface area contributed by atoms with E-state index in [4.69, 9.17) is 5.26 Å². The standard InChI is InChI=1S/C11H14BrN3/c1-2-14-6-7-15-11-5-3-4-10(12)9(11)8-13/h3-5,14-15H,2,6-7H2,1H3. The third-order valence-electron chi connectivity index (χ3n) is 1.99. The molecule has 0 unspecified atom stereocenters. The maximum atomic E-state index is 8.97. The molecule has 1 aromatic rings. The fourth-order valence-electron chi connectivity index (χ4n) is 1.25. The van der Waals surface area contributed by atoms with Crippen molar-refractivity contribution in [3.63, 3.8) is 0 Å². The van der Waals surface area contributed by atoms with E-state index < -0.39 is 0 Å². The Morgan fingerprint density at radius 3 is 2.87 bits per heavy atom. The quantitative estimate of drug-likeness (QED) is 0.806. The minimum absolute atomic E-state index is 0.661. The number of nitrogens with one attached hydrogen (secondary N) is 2. The number of hydrogen-bond donors (Lipinski definition) is 2. The van der Waals surface area contributed by atoms with Crippen molar-refractivity contribution in [2.45, 2.75) is 6.92 Å². The average molecular weight is 268 g/mol. The molecule has 15 heavy (non-hydrogen) atoms. The van der Waals surface area contributed by atoms with E-state index in [1.54, 1.807) is 0 Å². The Labute approximate surface area is 98.6 Å². The third-order valence-corrected chi connectivity index (χ3v) is 2.65. The van der Waals surface area contributed by atoms with Crippen LogP contribution in [0.4, 0.5) is 5.69 Å². The van der Waals surface area contributed by atoms with Crippen molar-refractivity contribution < 1.29 is 0 Å². The predicted octanol–water partition coefficient (Wildman–Crippen LogP) is 2.34. The number of nitrogens with zero attached hydrogens (tertiary/aromatic N) is 1. The van der Waals surface area contributed by atoms with Crippen LogP contribution in [0.15, 0.2) is 22.7 Å². The van der Waals surface area contributed by atoms with Crippen molar-refractivity contribution in [3.8, 4) is 6.07 Å². The topological polar surface area (TPSA) is 47.8 Å². The fourth-order valence-corrected chi connectivity index (χ4v) is 1.70. The molecule has 0 fully saturated rings. The molecule has 0 aromatic heterocycles. The first-order valence-electron chi connectivity index (χ1n) is 4.92. The molecule has 0 bridgehead atoms. The zero-order valence-corrected chi connectivity index (χ0v) is 10.3. The molecule has 0 aliphatic heterocycles. The second-order valence-electron chi connectivity index (χ2n) is 3.05. The summed E-state index contributed by atoms with van der Waals surface area (Å²) in [5.74, 6) is 0. The number of hydrogen-bond acceptors (Lipinski definition) is 3. The normalized spacial score (nSPS) is 9.67. The van der Waals surface area contributed by atoms with Crippen molar-refractivity contribution in [1.82, 2.24) is 5.32 Å². The van der Waals surface area contributed by atoms with Gasteiger partial charge in [-0.25, -0.2) is 0 Å². The van der Waals surface area contributed by atoms with Gasteiger partial charge in [0.2, 0.25) is 0 Å². The van der Waals surface area contributed by atoms with Crippen molar-refractivity contribution in [1.29, 1.82) is 5.26 Å². The van der Waals surface area contributed by atoms with Gasteiger partial charge in [0.15, 0.2) is 0 Å². The smallest absolute Gasteiger partial charge is 0.103 e. The summed E-state index contributed by atoms with van der Waals surface area (Å²) in [5, 5.41) is 15.4. The number of likely N-dealkylation sites (N-methyl/N-ethyl adjacent to an activating group) is 1. The zero-order valence-electron chi connectivity index (χ0n) is 8.68. The molecule has 80 valence electrons. The number of rotatable bonds is 5. The Bertz CT molecular complexity index is 357. The second kappa shape index (κ2) is 6.44. The maximum Gasteiger partial charge on any atom is 0.103 e. The third kappa shape index (κ3) is 3.54. The molecule has 2 N–H and O–H groups in total. The van der Waals surface area contributed by atoms with Crippen LogP contribution in [-0.4, -0.2) is 19.6 Å². The van der Waals surface area contributed by atoms with Crippen LogP contribution in [0.25, 0.3) is 0 Å². The summed E-state index contributed by atoms with van der Waals surface area (Å²) < 4.78 is 0.832. The second-order valence-corrected chi connectivity index (χ2v) is 3.91. The van der Waals surface area contributed by atoms with E-state index in [-0.39, 0.29) is 0 Å². The first-order chi connectivity index (χ1) is 7.29. The van der Waals surface area contributed by atoms with Crippen LogP contribution in [0.1, 0.15) is 12.5 Å². The van der Waals surface area contributed by atoms with E-state index in [1.807, 2.05) is 18.2 Å². The molecule has 0 heterocycles. The largest absolute Gasteiger partial charge is 0.383 e. The Hall–Kier alpha value is -1.05. The highest BCUT2D eigenvalue weighted by Crippen LogP contribution is 2.23. The van der Waals surface area contributed by atoms with E-state index in [1.165, 1.54) is 0 Å². The van der Waals surface area contributed by atoms with Gasteiger partial charge in [-0.15, -0.1) is 0 Å². The summed E-state index contributed by atoms with van der Waals surface area (Å²) in [7, 11) is 0. The molecule has 0 radical (unpaired) electrons. The van der Waals surface area contributed by atoms with E-state index in [9.17, 15) is 0 Å². The lowest BCUT2D eigenvalue weighted by atomic mass is 10.2. The van der Waals surface area contributed by atoms with Gasteiger partial charge in [-0.1, -0.05) is 13.0 Å². The summed E-state index contributed by atoms with van der Waals surface area (Å²) >= 11 is 3.35. The van der Waals surface area contributed by atoms with Crippen LogP contribution in [-0.2, 0) is 0 Å². The van der Waals surface area contributed by atoms with Gasteiger partial charge < -0.3 is 10.6 Å². The molecule has 0 saturated carbocycles. The molecule has 1 aromatic carbocycles. The molecule has 0 spiro atoms. The Balaban J connectivity index is 2.61. The van der Waals surface area contributed by atoms with Gasteiger partial charge in [0.1, 0.15) is 6.07 Å². The van der Waals surface area contributed by atoms with E-state index in [0.29, 0.717) is 5.56 Å². The van der Waals surface area contributed by atoms with Crippen LogP contribution < -0.4 is 10.6 Å². The Morgan fingerprint density at radius 2 is 2.20 bits per heavy atom. The fraction of sp³-hybridized carbons (Fsp3) is 0.364. The predicted molar refractivity (Wildman–Crippen MR) is 65.9 cm³/mol. The van der Waals surface area contributed by atoms with Gasteiger partial charge in [-0.05, 0) is 34.6 Å². The van der Waals surface area contributed by atoms with E-state index >= 15 is 0 Å². The van der Waals surface area contributed by atoms with Crippen LogP contribution in [0, 0.1) is 11.3 Å². The highest BCUT2D eigenvalue weighted by atomic mass is 79.9. The lowest BCUT2D eigenvalue weighted by molar-refractivity contribution is 0.739. The van der Waals surface area contributed by atoms with Crippen molar-refractivity contribution in [2.75, 3.05) is 25.0 Å². The summed E-state index contributed by atoms with van der Waals surface area (Å²) in [4.78, 5) is 0. The molecule has 0 aliphatic rings. The van der Waals surface area contributed by atoms with Crippen LogP contribution in [0.2, 0.25) is 0 Å². The van der Waals surface area contributed by atoms with Gasteiger partial charge in [-0.3, -0.25) is 0 Å². The van der Waals surface area contributed by atoms with Crippen LogP contribution in [0.3, 0.4) is 0 Å². The van der Waals surface area contributed by atoms with Crippen LogP contribution >= 0.6 is 15.9 Å². The molecule has 3 nitrogen and oxygen atoms in total. The molecular weight excluding hydrogens is 254 g/mol. The van der Waals surface area contributed by atoms with Gasteiger partial charge in [0, 0.05) is 17.6 Å². The molecule has 0 amide bonds. The van der Waals surface area contributed by atoms with Crippen LogP contribution in [0.5, 0.6) is 0 Å². The highest BCUT2D eigenvalue weighted by Gasteiger charge is 2.04. The van der Waals surface area contributed by atoms with Gasteiger partial charge >= 0.3 is 0 Å². The summed E-state index contributed by atoms with van der Waals surface area (Å²) in [6.07, 6.45) is 0. The summed E-state index contributed by atoms with van der Waals surface area (Å²) in [6, 6.07) is 7.87. The number of anilines is 1. The number of halogens is 1. The summed E-state index contributed by atoms with van der Waals surface area (Å²) in [6.45, 7) is 4.75. The van der Waals surface area contributed by atoms with Gasteiger partial charge in [0.25, 0.3) is 0 Å². The van der Waals surface area contributed by atoms with Gasteiger partial charge in [-0.2, -0.15) is 5.26 Å². The number of benzene rings is 1. The molecular formula is C11H14BrN3. The lowest BCUT2D eigenvalue weighted by Gasteiger charge is -2.09.